The third kappa shape index (κ3) is 5.25. The second-order valence-corrected chi connectivity index (χ2v) is 7.22. The number of nitrogens with one attached hydrogen (secondary N) is 2. The first-order chi connectivity index (χ1) is 15.1. The summed E-state index contributed by atoms with van der Waals surface area (Å²) in [5.41, 5.74) is 4.87. The largest absolute Gasteiger partial charge is 0.356 e. The molecule has 0 fully saturated rings. The van der Waals surface area contributed by atoms with E-state index in [4.69, 9.17) is 0 Å². The van der Waals surface area contributed by atoms with Gasteiger partial charge < -0.3 is 10.6 Å². The van der Waals surface area contributed by atoms with Crippen molar-refractivity contribution in [3.8, 4) is 11.3 Å². The number of anilines is 3. The summed E-state index contributed by atoms with van der Waals surface area (Å²) in [7, 11) is 0. The Labute approximate surface area is 180 Å². The zero-order chi connectivity index (χ0) is 21.6. The van der Waals surface area contributed by atoms with Gasteiger partial charge in [-0.05, 0) is 43.3 Å². The Balaban J connectivity index is 1.38. The van der Waals surface area contributed by atoms with Gasteiger partial charge in [0.15, 0.2) is 0 Å². The number of aromatic nitrogens is 2. The van der Waals surface area contributed by atoms with E-state index in [0.717, 1.165) is 22.5 Å². The molecule has 4 rings (SSSR count). The topological polar surface area (TPSA) is 76.0 Å². The van der Waals surface area contributed by atoms with E-state index >= 15 is 0 Å². The number of aryl methyl sites for hydroxylation is 1. The quantitative estimate of drug-likeness (QED) is 0.487. The van der Waals surface area contributed by atoms with Crippen molar-refractivity contribution in [1.29, 1.82) is 0 Å². The minimum Gasteiger partial charge on any atom is -0.356 e. The van der Waals surface area contributed by atoms with E-state index in [1.165, 1.54) is 17.0 Å². The number of benzene rings is 3. The van der Waals surface area contributed by atoms with Crippen LogP contribution >= 0.6 is 0 Å². The first-order valence-electron chi connectivity index (χ1n) is 9.92. The molecule has 6 nitrogen and oxygen atoms in total. The number of para-hydroxylation sites is 1. The van der Waals surface area contributed by atoms with Crippen molar-refractivity contribution in [2.45, 2.75) is 13.5 Å². The van der Waals surface area contributed by atoms with Crippen LogP contribution < -0.4 is 16.2 Å². The summed E-state index contributed by atoms with van der Waals surface area (Å²) < 4.78 is 1.29. The van der Waals surface area contributed by atoms with Crippen molar-refractivity contribution < 1.29 is 4.79 Å². The molecular weight excluding hydrogens is 388 g/mol. The zero-order valence-electron chi connectivity index (χ0n) is 17.1. The van der Waals surface area contributed by atoms with Crippen LogP contribution in [0.1, 0.15) is 5.56 Å². The molecule has 0 aliphatic heterocycles. The maximum atomic E-state index is 12.4. The Kier molecular flexibility index (Phi) is 5.89. The van der Waals surface area contributed by atoms with Gasteiger partial charge >= 0.3 is 0 Å². The number of carbonyl (C=O) groups is 1. The Morgan fingerprint density at radius 2 is 1.52 bits per heavy atom. The standard InChI is InChI=1S/C25H22N4O2/c1-18-7-9-19(10-8-18)23-15-25(31)29(17-26-23)16-24(30)28-22-13-11-21(12-14-22)27-20-5-3-2-4-6-20/h2-15,17,27H,16H2,1H3,(H,28,30). The third-order valence-corrected chi connectivity index (χ3v) is 4.77. The Hall–Kier alpha value is -4.19. The van der Waals surface area contributed by atoms with Gasteiger partial charge in [0.25, 0.3) is 5.56 Å². The number of amides is 1. The van der Waals surface area contributed by atoms with Gasteiger partial charge in [0.2, 0.25) is 5.91 Å². The molecule has 0 bridgehead atoms. The van der Waals surface area contributed by atoms with Gasteiger partial charge in [-0.15, -0.1) is 0 Å². The van der Waals surface area contributed by atoms with Crippen molar-refractivity contribution in [2.24, 2.45) is 0 Å². The lowest BCUT2D eigenvalue weighted by atomic mass is 10.1. The highest BCUT2D eigenvalue weighted by Gasteiger charge is 2.08. The predicted octanol–water partition coefficient (Wildman–Crippen LogP) is 4.60. The van der Waals surface area contributed by atoms with Crippen LogP contribution in [0, 0.1) is 6.92 Å². The van der Waals surface area contributed by atoms with E-state index in [2.05, 4.69) is 15.6 Å². The van der Waals surface area contributed by atoms with E-state index in [9.17, 15) is 9.59 Å². The highest BCUT2D eigenvalue weighted by molar-refractivity contribution is 5.90. The van der Waals surface area contributed by atoms with Crippen molar-refractivity contribution in [3.05, 3.63) is 107 Å². The summed E-state index contributed by atoms with van der Waals surface area (Å²) >= 11 is 0. The molecule has 0 saturated carbocycles. The lowest BCUT2D eigenvalue weighted by Gasteiger charge is -2.10. The number of nitrogens with zero attached hydrogens (tertiary/aromatic N) is 2. The van der Waals surface area contributed by atoms with Crippen molar-refractivity contribution in [2.75, 3.05) is 10.6 Å². The SMILES string of the molecule is Cc1ccc(-c2cc(=O)n(CC(=O)Nc3ccc(Nc4ccccc4)cc3)cn2)cc1. The Morgan fingerprint density at radius 1 is 0.871 bits per heavy atom. The molecule has 6 heteroatoms. The molecule has 0 unspecified atom stereocenters. The van der Waals surface area contributed by atoms with Crippen LogP contribution in [0.15, 0.2) is 96.1 Å². The number of carbonyl (C=O) groups excluding carboxylic acids is 1. The van der Waals surface area contributed by atoms with Gasteiger partial charge in [-0.25, -0.2) is 4.98 Å². The molecule has 4 aromatic rings. The molecule has 0 aliphatic carbocycles. The second-order valence-electron chi connectivity index (χ2n) is 7.22. The van der Waals surface area contributed by atoms with Gasteiger partial charge in [0, 0.05) is 28.7 Å². The summed E-state index contributed by atoms with van der Waals surface area (Å²) in [5, 5.41) is 6.09. The lowest BCUT2D eigenvalue weighted by Crippen LogP contribution is -2.27. The first-order valence-corrected chi connectivity index (χ1v) is 9.92. The summed E-state index contributed by atoms with van der Waals surface area (Å²) in [5.74, 6) is -0.296. The van der Waals surface area contributed by atoms with E-state index in [-0.39, 0.29) is 18.0 Å². The summed E-state index contributed by atoms with van der Waals surface area (Å²) in [4.78, 5) is 29.1. The van der Waals surface area contributed by atoms with Crippen LogP contribution in [-0.4, -0.2) is 15.5 Å². The minimum atomic E-state index is -0.296. The molecule has 31 heavy (non-hydrogen) atoms. The third-order valence-electron chi connectivity index (χ3n) is 4.77. The maximum Gasteiger partial charge on any atom is 0.254 e. The van der Waals surface area contributed by atoms with Crippen LogP contribution in [0.4, 0.5) is 17.1 Å². The first kappa shape index (κ1) is 20.1. The summed E-state index contributed by atoms with van der Waals surface area (Å²) in [6.45, 7) is 1.89. The van der Waals surface area contributed by atoms with Gasteiger partial charge in [-0.1, -0.05) is 48.0 Å². The van der Waals surface area contributed by atoms with Crippen LogP contribution in [0.25, 0.3) is 11.3 Å². The average Bonchev–Trinajstić information content (AvgIpc) is 2.78. The number of hydrogen-bond acceptors (Lipinski definition) is 4. The van der Waals surface area contributed by atoms with Crippen molar-refractivity contribution in [1.82, 2.24) is 9.55 Å². The van der Waals surface area contributed by atoms with Crippen molar-refractivity contribution in [3.63, 3.8) is 0 Å². The van der Waals surface area contributed by atoms with Gasteiger partial charge in [-0.2, -0.15) is 0 Å². The molecule has 0 atom stereocenters. The van der Waals surface area contributed by atoms with E-state index < -0.39 is 0 Å². The summed E-state index contributed by atoms with van der Waals surface area (Å²) in [6, 6.07) is 26.4. The minimum absolute atomic E-state index is 0.107. The van der Waals surface area contributed by atoms with Gasteiger partial charge in [0.05, 0.1) is 12.0 Å². The highest BCUT2D eigenvalue weighted by atomic mass is 16.2. The molecule has 1 heterocycles. The average molecular weight is 410 g/mol. The van der Waals surface area contributed by atoms with Crippen LogP contribution in [0.3, 0.4) is 0 Å². The molecule has 0 radical (unpaired) electrons. The smallest absolute Gasteiger partial charge is 0.254 e. The Morgan fingerprint density at radius 3 is 2.19 bits per heavy atom. The van der Waals surface area contributed by atoms with E-state index in [0.29, 0.717) is 11.4 Å². The predicted molar refractivity (Wildman–Crippen MR) is 123 cm³/mol. The zero-order valence-corrected chi connectivity index (χ0v) is 17.1. The van der Waals surface area contributed by atoms with E-state index in [1.807, 2.05) is 85.8 Å². The fourth-order valence-electron chi connectivity index (χ4n) is 3.11. The molecule has 1 amide bonds. The molecule has 154 valence electrons. The van der Waals surface area contributed by atoms with Gasteiger partial charge in [-0.3, -0.25) is 14.2 Å². The molecular formula is C25H22N4O2. The monoisotopic (exact) mass is 410 g/mol. The number of rotatable bonds is 6. The molecule has 1 aromatic heterocycles. The second kappa shape index (κ2) is 9.09. The van der Waals surface area contributed by atoms with Crippen LogP contribution in [0.2, 0.25) is 0 Å². The van der Waals surface area contributed by atoms with Gasteiger partial charge in [0.1, 0.15) is 6.54 Å². The maximum absolute atomic E-state index is 12.4. The molecule has 2 N–H and O–H groups in total. The summed E-state index contributed by atoms with van der Waals surface area (Å²) in [6.07, 6.45) is 1.41. The lowest BCUT2D eigenvalue weighted by molar-refractivity contribution is -0.116. The normalized spacial score (nSPS) is 10.5. The highest BCUT2D eigenvalue weighted by Crippen LogP contribution is 2.19. The van der Waals surface area contributed by atoms with Crippen LogP contribution in [-0.2, 0) is 11.3 Å². The fraction of sp³-hybridized carbons (Fsp3) is 0.0800. The Bertz CT molecular complexity index is 1230. The molecule has 0 aliphatic rings. The van der Waals surface area contributed by atoms with Crippen molar-refractivity contribution >= 4 is 23.0 Å². The molecule has 0 saturated heterocycles. The number of hydrogen-bond donors (Lipinski definition) is 2. The fourth-order valence-corrected chi connectivity index (χ4v) is 3.11. The molecule has 0 spiro atoms. The van der Waals surface area contributed by atoms with E-state index in [1.54, 1.807) is 0 Å². The molecule has 3 aromatic carbocycles. The van der Waals surface area contributed by atoms with Crippen LogP contribution in [0.5, 0.6) is 0 Å².